The van der Waals surface area contributed by atoms with Crippen molar-refractivity contribution >= 4 is 0 Å². The van der Waals surface area contributed by atoms with Gasteiger partial charge in [0.05, 0.1) is 0 Å². The van der Waals surface area contributed by atoms with Gasteiger partial charge in [0, 0.05) is 11.6 Å². The van der Waals surface area contributed by atoms with E-state index in [0.29, 0.717) is 0 Å². The van der Waals surface area contributed by atoms with Crippen LogP contribution < -0.4 is 5.32 Å². The van der Waals surface area contributed by atoms with Crippen molar-refractivity contribution in [1.82, 2.24) is 5.32 Å². The van der Waals surface area contributed by atoms with Crippen molar-refractivity contribution in [2.75, 3.05) is 6.54 Å². The molecule has 0 saturated heterocycles. The lowest BCUT2D eigenvalue weighted by Gasteiger charge is -2.39. The molecule has 1 aromatic rings. The van der Waals surface area contributed by atoms with E-state index in [1.807, 2.05) is 13.8 Å². The first-order valence-electron chi connectivity index (χ1n) is 8.04. The SMILES string of the molecule is CCNC(c1c(C)cc(C)cc1F)C1(CC)CCCC1. The van der Waals surface area contributed by atoms with Crippen LogP contribution in [0.4, 0.5) is 4.39 Å². The fourth-order valence-electron chi connectivity index (χ4n) is 4.05. The Balaban J connectivity index is 2.48. The highest BCUT2D eigenvalue weighted by Crippen LogP contribution is 2.51. The zero-order chi connectivity index (χ0) is 14.8. The summed E-state index contributed by atoms with van der Waals surface area (Å²) in [6, 6.07) is 3.95. The maximum absolute atomic E-state index is 14.6. The smallest absolute Gasteiger partial charge is 0.128 e. The molecule has 1 saturated carbocycles. The molecule has 20 heavy (non-hydrogen) atoms. The van der Waals surface area contributed by atoms with Crippen molar-refractivity contribution in [3.8, 4) is 0 Å². The Kier molecular flexibility index (Phi) is 4.85. The third kappa shape index (κ3) is 2.76. The Hall–Kier alpha value is -0.890. The molecule has 0 aliphatic heterocycles. The second kappa shape index (κ2) is 6.26. The lowest BCUT2D eigenvalue weighted by Crippen LogP contribution is -2.37. The van der Waals surface area contributed by atoms with Crippen LogP contribution in [0.2, 0.25) is 0 Å². The van der Waals surface area contributed by atoms with Gasteiger partial charge in [0.1, 0.15) is 5.82 Å². The van der Waals surface area contributed by atoms with E-state index in [2.05, 4.69) is 25.2 Å². The van der Waals surface area contributed by atoms with Crippen LogP contribution in [-0.2, 0) is 0 Å². The van der Waals surface area contributed by atoms with E-state index in [1.165, 1.54) is 25.7 Å². The summed E-state index contributed by atoms with van der Waals surface area (Å²) in [4.78, 5) is 0. The molecule has 2 rings (SSSR count). The monoisotopic (exact) mass is 277 g/mol. The summed E-state index contributed by atoms with van der Waals surface area (Å²) >= 11 is 0. The van der Waals surface area contributed by atoms with Gasteiger partial charge in [-0.25, -0.2) is 4.39 Å². The molecule has 0 aromatic heterocycles. The molecule has 0 radical (unpaired) electrons. The standard InChI is InChI=1S/C18H28FN/c1-5-18(9-7-8-10-18)17(20-6-2)16-14(4)11-13(3)12-15(16)19/h11-12,17,20H,5-10H2,1-4H3. The molecule has 1 fully saturated rings. The molecule has 1 nitrogen and oxygen atoms in total. The maximum Gasteiger partial charge on any atom is 0.128 e. The average Bonchev–Trinajstić information content (AvgIpc) is 2.86. The van der Waals surface area contributed by atoms with Crippen LogP contribution >= 0.6 is 0 Å². The van der Waals surface area contributed by atoms with Gasteiger partial charge in [-0.05, 0) is 62.3 Å². The first-order chi connectivity index (χ1) is 9.54. The van der Waals surface area contributed by atoms with Crippen LogP contribution in [0.25, 0.3) is 0 Å². The summed E-state index contributed by atoms with van der Waals surface area (Å²) in [5, 5.41) is 3.59. The lowest BCUT2D eigenvalue weighted by molar-refractivity contribution is 0.184. The second-order valence-corrected chi connectivity index (χ2v) is 6.39. The van der Waals surface area contributed by atoms with Crippen molar-refractivity contribution in [3.63, 3.8) is 0 Å². The summed E-state index contributed by atoms with van der Waals surface area (Å²) in [5.74, 6) is -0.0341. The average molecular weight is 277 g/mol. The van der Waals surface area contributed by atoms with Crippen LogP contribution in [-0.4, -0.2) is 6.54 Å². The molecule has 1 aliphatic rings. The van der Waals surface area contributed by atoms with Crippen molar-refractivity contribution in [2.45, 2.75) is 65.8 Å². The van der Waals surface area contributed by atoms with Gasteiger partial charge in [0.25, 0.3) is 0 Å². The molecule has 2 heteroatoms. The molecule has 0 spiro atoms. The van der Waals surface area contributed by atoms with Crippen LogP contribution in [0, 0.1) is 25.1 Å². The summed E-state index contributed by atoms with van der Waals surface area (Å²) in [6.07, 6.45) is 6.11. The van der Waals surface area contributed by atoms with E-state index in [9.17, 15) is 4.39 Å². The maximum atomic E-state index is 14.6. The summed E-state index contributed by atoms with van der Waals surface area (Å²) < 4.78 is 14.6. The molecule has 1 unspecified atom stereocenters. The predicted octanol–water partition coefficient (Wildman–Crippen LogP) is 5.06. The number of rotatable bonds is 5. The van der Waals surface area contributed by atoms with Gasteiger partial charge in [0.15, 0.2) is 0 Å². The molecule has 0 amide bonds. The van der Waals surface area contributed by atoms with Crippen molar-refractivity contribution in [2.24, 2.45) is 5.41 Å². The first-order valence-corrected chi connectivity index (χ1v) is 8.04. The van der Waals surface area contributed by atoms with E-state index >= 15 is 0 Å². The Bertz CT molecular complexity index is 437. The number of aryl methyl sites for hydroxylation is 2. The van der Waals surface area contributed by atoms with Crippen molar-refractivity contribution < 1.29 is 4.39 Å². The zero-order valence-corrected chi connectivity index (χ0v) is 13.4. The number of hydrogen-bond donors (Lipinski definition) is 1. The predicted molar refractivity (Wildman–Crippen MR) is 83.5 cm³/mol. The van der Waals surface area contributed by atoms with Crippen LogP contribution in [0.3, 0.4) is 0 Å². The minimum Gasteiger partial charge on any atom is -0.310 e. The van der Waals surface area contributed by atoms with Crippen molar-refractivity contribution in [3.05, 3.63) is 34.6 Å². The number of nitrogens with one attached hydrogen (secondary N) is 1. The Morgan fingerprint density at radius 3 is 2.35 bits per heavy atom. The highest BCUT2D eigenvalue weighted by Gasteiger charge is 2.41. The van der Waals surface area contributed by atoms with Crippen molar-refractivity contribution in [1.29, 1.82) is 0 Å². The lowest BCUT2D eigenvalue weighted by atomic mass is 9.72. The summed E-state index contributed by atoms with van der Waals surface area (Å²) in [7, 11) is 0. The minimum atomic E-state index is -0.0341. The molecule has 1 aromatic carbocycles. The quantitative estimate of drug-likeness (QED) is 0.793. The third-order valence-corrected chi connectivity index (χ3v) is 5.09. The summed E-state index contributed by atoms with van der Waals surface area (Å²) in [5.41, 5.74) is 3.24. The Morgan fingerprint density at radius 2 is 1.85 bits per heavy atom. The zero-order valence-electron chi connectivity index (χ0n) is 13.4. The number of halogens is 1. The Morgan fingerprint density at radius 1 is 1.20 bits per heavy atom. The Labute approximate surface area is 123 Å². The van der Waals surface area contributed by atoms with Crippen LogP contribution in [0.1, 0.15) is 68.7 Å². The minimum absolute atomic E-state index is 0.0341. The molecule has 1 atom stereocenters. The number of benzene rings is 1. The third-order valence-electron chi connectivity index (χ3n) is 5.09. The number of hydrogen-bond acceptors (Lipinski definition) is 1. The van der Waals surface area contributed by atoms with Gasteiger partial charge in [0.2, 0.25) is 0 Å². The van der Waals surface area contributed by atoms with Gasteiger partial charge in [-0.2, -0.15) is 0 Å². The van der Waals surface area contributed by atoms with Gasteiger partial charge in [-0.3, -0.25) is 0 Å². The molecule has 1 aliphatic carbocycles. The van der Waals surface area contributed by atoms with E-state index in [1.54, 1.807) is 6.07 Å². The van der Waals surface area contributed by atoms with Gasteiger partial charge >= 0.3 is 0 Å². The van der Waals surface area contributed by atoms with Gasteiger partial charge in [-0.15, -0.1) is 0 Å². The first kappa shape index (κ1) is 15.5. The normalized spacial score (nSPS) is 19.2. The van der Waals surface area contributed by atoms with Crippen LogP contribution in [0.15, 0.2) is 12.1 Å². The highest BCUT2D eigenvalue weighted by molar-refractivity contribution is 5.36. The molecule has 1 N–H and O–H groups in total. The fourth-order valence-corrected chi connectivity index (χ4v) is 4.05. The summed E-state index contributed by atoms with van der Waals surface area (Å²) in [6.45, 7) is 9.28. The van der Waals surface area contributed by atoms with E-state index in [-0.39, 0.29) is 17.3 Å². The highest BCUT2D eigenvalue weighted by atomic mass is 19.1. The molecular formula is C18H28FN. The van der Waals surface area contributed by atoms with E-state index < -0.39 is 0 Å². The molecule has 0 heterocycles. The largest absolute Gasteiger partial charge is 0.310 e. The second-order valence-electron chi connectivity index (χ2n) is 6.39. The van der Waals surface area contributed by atoms with Crippen LogP contribution in [0.5, 0.6) is 0 Å². The molecule has 0 bridgehead atoms. The van der Waals surface area contributed by atoms with E-state index in [0.717, 1.165) is 29.7 Å². The topological polar surface area (TPSA) is 12.0 Å². The van der Waals surface area contributed by atoms with Gasteiger partial charge in [-0.1, -0.05) is 32.8 Å². The molecule has 112 valence electrons. The van der Waals surface area contributed by atoms with E-state index in [4.69, 9.17) is 0 Å². The van der Waals surface area contributed by atoms with Gasteiger partial charge < -0.3 is 5.32 Å². The fraction of sp³-hybridized carbons (Fsp3) is 0.667. The molecular weight excluding hydrogens is 249 g/mol.